The number of aryl methyl sites for hydroxylation is 3. The predicted octanol–water partition coefficient (Wildman–Crippen LogP) is 4.05. The quantitative estimate of drug-likeness (QED) is 0.419. The zero-order valence-corrected chi connectivity index (χ0v) is 23.5. The van der Waals surface area contributed by atoms with Crippen molar-refractivity contribution in [3.8, 4) is 16.5 Å². The number of hydrogen-bond acceptors (Lipinski definition) is 8. The van der Waals surface area contributed by atoms with Crippen molar-refractivity contribution in [1.82, 2.24) is 19.5 Å². The molecule has 1 fully saturated rings. The van der Waals surface area contributed by atoms with E-state index in [-0.39, 0.29) is 41.8 Å². The van der Waals surface area contributed by atoms with Crippen LogP contribution in [0.1, 0.15) is 59.4 Å². The van der Waals surface area contributed by atoms with Crippen molar-refractivity contribution >= 4 is 27.3 Å². The molecule has 0 unspecified atom stereocenters. The topological polar surface area (TPSA) is 112 Å². The molecule has 1 atom stereocenters. The van der Waals surface area contributed by atoms with Gasteiger partial charge in [-0.15, -0.1) is 11.3 Å². The molecule has 5 rings (SSSR count). The minimum atomic E-state index is -4.26. The summed E-state index contributed by atoms with van der Waals surface area (Å²) >= 11 is 1.45. The van der Waals surface area contributed by atoms with Crippen LogP contribution in [-0.2, 0) is 38.9 Å². The highest BCUT2D eigenvalue weighted by atomic mass is 32.2. The Balaban J connectivity index is 1.44. The normalized spacial score (nSPS) is 17.2. The zero-order valence-electron chi connectivity index (χ0n) is 21.8. The fraction of sp³-hybridized carbons (Fsp3) is 0.500. The van der Waals surface area contributed by atoms with Gasteiger partial charge in [0.1, 0.15) is 23.5 Å². The number of amides is 1. The third-order valence-corrected chi connectivity index (χ3v) is 9.33. The SMILES string of the molecule is CCCc1cc(-c2nc(C)c(C)s2)c(F)c(C2CC2)c1CC(=O)NS(=O)(=O)c1cc2n(n1)C[C@@H](OC)CO2. The van der Waals surface area contributed by atoms with Gasteiger partial charge < -0.3 is 9.47 Å². The molecule has 204 valence electrons. The first-order chi connectivity index (χ1) is 18.1. The van der Waals surface area contributed by atoms with Crippen molar-refractivity contribution in [2.24, 2.45) is 0 Å². The summed E-state index contributed by atoms with van der Waals surface area (Å²) in [5, 5.41) is 4.40. The molecule has 12 heteroatoms. The van der Waals surface area contributed by atoms with E-state index in [2.05, 4.69) is 14.8 Å². The Hall–Kier alpha value is -2.83. The van der Waals surface area contributed by atoms with Crippen LogP contribution in [0.15, 0.2) is 17.2 Å². The molecule has 1 amide bonds. The third-order valence-electron chi connectivity index (χ3n) is 6.98. The number of halogens is 1. The van der Waals surface area contributed by atoms with Crippen LogP contribution in [-0.4, -0.2) is 48.9 Å². The highest BCUT2D eigenvalue weighted by molar-refractivity contribution is 7.90. The Morgan fingerprint density at radius 3 is 2.71 bits per heavy atom. The lowest BCUT2D eigenvalue weighted by atomic mass is 9.89. The number of carbonyl (C=O) groups is 1. The molecule has 1 saturated carbocycles. The van der Waals surface area contributed by atoms with E-state index in [4.69, 9.17) is 9.47 Å². The van der Waals surface area contributed by atoms with Crippen LogP contribution in [0.4, 0.5) is 4.39 Å². The van der Waals surface area contributed by atoms with Crippen molar-refractivity contribution in [3.63, 3.8) is 0 Å². The number of nitrogens with one attached hydrogen (secondary N) is 1. The highest BCUT2D eigenvalue weighted by Crippen LogP contribution is 2.47. The molecule has 0 bridgehead atoms. The maximum absolute atomic E-state index is 16.0. The molecule has 0 radical (unpaired) electrons. The van der Waals surface area contributed by atoms with Gasteiger partial charge in [0.25, 0.3) is 10.0 Å². The fourth-order valence-electron chi connectivity index (χ4n) is 4.74. The Kier molecular flexibility index (Phi) is 7.31. The van der Waals surface area contributed by atoms with Crippen LogP contribution >= 0.6 is 11.3 Å². The number of benzene rings is 1. The Labute approximate surface area is 225 Å². The van der Waals surface area contributed by atoms with E-state index in [0.29, 0.717) is 34.7 Å². The second-order valence-electron chi connectivity index (χ2n) is 9.85. The average molecular weight is 563 g/mol. The lowest BCUT2D eigenvalue weighted by molar-refractivity contribution is -0.118. The summed E-state index contributed by atoms with van der Waals surface area (Å²) in [5.41, 5.74) is 3.25. The van der Waals surface area contributed by atoms with Gasteiger partial charge in [-0.05, 0) is 61.8 Å². The molecular formula is C26H31FN4O5S2. The number of methoxy groups -OCH3 is 1. The maximum atomic E-state index is 16.0. The Morgan fingerprint density at radius 2 is 2.08 bits per heavy atom. The van der Waals surface area contributed by atoms with Gasteiger partial charge in [0, 0.05) is 23.6 Å². The summed E-state index contributed by atoms with van der Waals surface area (Å²) < 4.78 is 56.3. The number of thiazole rings is 1. The van der Waals surface area contributed by atoms with E-state index >= 15 is 4.39 Å². The second-order valence-corrected chi connectivity index (χ2v) is 12.7. The molecule has 2 aromatic heterocycles. The summed E-state index contributed by atoms with van der Waals surface area (Å²) in [6, 6.07) is 3.07. The standard InChI is InChI=1S/C26H31FN4O5S2/c1-5-6-17-9-20(26-28-14(2)15(3)37-26)25(27)24(16-7-8-16)19(17)10-21(32)30-38(33,34)22-11-23-31(29-22)12-18(35-4)13-36-23/h9,11,16,18H,5-8,10,12-13H2,1-4H3,(H,30,32)/t18-/m1/s1. The lowest BCUT2D eigenvalue weighted by Crippen LogP contribution is -2.33. The second kappa shape index (κ2) is 10.4. The minimum absolute atomic E-state index is 0.0119. The van der Waals surface area contributed by atoms with Gasteiger partial charge in [0.15, 0.2) is 0 Å². The van der Waals surface area contributed by atoms with Gasteiger partial charge in [-0.2, -0.15) is 13.5 Å². The molecule has 0 spiro atoms. The monoisotopic (exact) mass is 562 g/mol. The summed E-state index contributed by atoms with van der Waals surface area (Å²) in [7, 11) is -2.72. The van der Waals surface area contributed by atoms with Crippen molar-refractivity contribution in [1.29, 1.82) is 0 Å². The van der Waals surface area contributed by atoms with Crippen molar-refractivity contribution < 1.29 is 27.1 Å². The number of fused-ring (bicyclic) bond motifs is 1. The van der Waals surface area contributed by atoms with Gasteiger partial charge in [0.05, 0.1) is 18.7 Å². The molecule has 1 aliphatic heterocycles. The fourth-order valence-corrected chi connectivity index (χ4v) is 6.60. The van der Waals surface area contributed by atoms with Crippen LogP contribution in [0, 0.1) is 19.7 Å². The molecule has 3 heterocycles. The van der Waals surface area contributed by atoms with E-state index in [0.717, 1.165) is 35.4 Å². The third kappa shape index (κ3) is 5.21. The summed E-state index contributed by atoms with van der Waals surface area (Å²) in [6.45, 7) is 6.49. The van der Waals surface area contributed by atoms with Crippen LogP contribution in [0.25, 0.3) is 10.6 Å². The number of nitrogens with zero attached hydrogens (tertiary/aromatic N) is 3. The number of carbonyl (C=O) groups excluding carboxylic acids is 1. The number of aromatic nitrogens is 3. The molecule has 2 aliphatic rings. The van der Waals surface area contributed by atoms with Gasteiger partial charge in [-0.25, -0.2) is 18.8 Å². The largest absolute Gasteiger partial charge is 0.475 e. The van der Waals surface area contributed by atoms with Crippen LogP contribution in [0.3, 0.4) is 0 Å². The molecule has 38 heavy (non-hydrogen) atoms. The Morgan fingerprint density at radius 1 is 1.32 bits per heavy atom. The van der Waals surface area contributed by atoms with E-state index < -0.39 is 15.9 Å². The smallest absolute Gasteiger partial charge is 0.283 e. The zero-order chi connectivity index (χ0) is 27.2. The molecule has 3 aromatic rings. The molecule has 1 aliphatic carbocycles. The summed E-state index contributed by atoms with van der Waals surface area (Å²) in [4.78, 5) is 18.7. The van der Waals surface area contributed by atoms with E-state index in [1.54, 1.807) is 6.07 Å². The van der Waals surface area contributed by atoms with Gasteiger partial charge in [-0.1, -0.05) is 13.3 Å². The Bertz CT molecular complexity index is 1470. The molecule has 1 N–H and O–H groups in total. The van der Waals surface area contributed by atoms with Crippen LogP contribution < -0.4 is 9.46 Å². The molecule has 9 nitrogen and oxygen atoms in total. The van der Waals surface area contributed by atoms with Crippen molar-refractivity contribution in [3.05, 3.63) is 45.2 Å². The van der Waals surface area contributed by atoms with Gasteiger partial charge in [0.2, 0.25) is 16.8 Å². The van der Waals surface area contributed by atoms with Gasteiger partial charge in [-0.3, -0.25) is 4.79 Å². The van der Waals surface area contributed by atoms with Crippen LogP contribution in [0.5, 0.6) is 5.88 Å². The first-order valence-electron chi connectivity index (χ1n) is 12.7. The van der Waals surface area contributed by atoms with E-state index in [9.17, 15) is 13.2 Å². The predicted molar refractivity (Wildman–Crippen MR) is 141 cm³/mol. The molecular weight excluding hydrogens is 531 g/mol. The van der Waals surface area contributed by atoms with E-state index in [1.807, 2.05) is 20.8 Å². The number of sulfonamides is 1. The lowest BCUT2D eigenvalue weighted by Gasteiger charge is -2.22. The van der Waals surface area contributed by atoms with Crippen LogP contribution in [0.2, 0.25) is 0 Å². The summed E-state index contributed by atoms with van der Waals surface area (Å²) in [6.07, 6.45) is 2.59. The first-order valence-corrected chi connectivity index (χ1v) is 15.0. The molecule has 1 aromatic carbocycles. The summed E-state index contributed by atoms with van der Waals surface area (Å²) in [5.74, 6) is -0.798. The minimum Gasteiger partial charge on any atom is -0.475 e. The van der Waals surface area contributed by atoms with E-state index in [1.165, 1.54) is 29.2 Å². The van der Waals surface area contributed by atoms with Crippen molar-refractivity contribution in [2.45, 2.75) is 76.5 Å². The van der Waals surface area contributed by atoms with Crippen molar-refractivity contribution in [2.75, 3.05) is 13.7 Å². The average Bonchev–Trinajstić information content (AvgIpc) is 3.51. The number of rotatable bonds is 9. The highest BCUT2D eigenvalue weighted by Gasteiger charge is 2.34. The first kappa shape index (κ1) is 26.8. The number of ether oxygens (including phenoxy) is 2. The molecule has 0 saturated heterocycles. The number of hydrogen-bond donors (Lipinski definition) is 1. The van der Waals surface area contributed by atoms with Gasteiger partial charge >= 0.3 is 0 Å². The maximum Gasteiger partial charge on any atom is 0.283 e.